The maximum absolute atomic E-state index is 12.9. The minimum absolute atomic E-state index is 0.185. The molecular formula is C20H33N5O3S. The van der Waals surface area contributed by atoms with E-state index in [1.54, 1.807) is 18.2 Å². The molecule has 1 saturated heterocycles. The van der Waals surface area contributed by atoms with Crippen molar-refractivity contribution in [3.05, 3.63) is 11.6 Å². The fourth-order valence-electron chi connectivity index (χ4n) is 4.94. The molecule has 0 radical (unpaired) electrons. The molecule has 1 aromatic heterocycles. The third-order valence-electron chi connectivity index (χ3n) is 6.82. The Kier molecular flexibility index (Phi) is 5.97. The maximum atomic E-state index is 12.9. The first kappa shape index (κ1) is 20.8. The van der Waals surface area contributed by atoms with E-state index in [2.05, 4.69) is 14.8 Å². The third kappa shape index (κ3) is 4.08. The van der Waals surface area contributed by atoms with E-state index in [-0.39, 0.29) is 23.0 Å². The highest BCUT2D eigenvalue weighted by atomic mass is 32.2. The molecule has 3 heterocycles. The van der Waals surface area contributed by atoms with E-state index in [1.807, 2.05) is 4.90 Å². The largest absolute Gasteiger partial charge is 0.333 e. The Bertz CT molecular complexity index is 836. The maximum Gasteiger partial charge on any atom is 0.226 e. The van der Waals surface area contributed by atoms with Crippen molar-refractivity contribution in [2.45, 2.75) is 83.1 Å². The van der Waals surface area contributed by atoms with Crippen molar-refractivity contribution in [1.82, 2.24) is 24.0 Å². The predicted octanol–water partition coefficient (Wildman–Crippen LogP) is 2.12. The summed E-state index contributed by atoms with van der Waals surface area (Å²) in [5.41, 5.74) is 0. The highest BCUT2D eigenvalue weighted by molar-refractivity contribution is 7.89. The van der Waals surface area contributed by atoms with Crippen LogP contribution < -0.4 is 0 Å². The fraction of sp³-hybridized carbons (Fsp3) is 0.850. The summed E-state index contributed by atoms with van der Waals surface area (Å²) < 4.78 is 28.6. The lowest BCUT2D eigenvalue weighted by Gasteiger charge is -2.34. The van der Waals surface area contributed by atoms with Crippen LogP contribution in [0.1, 0.15) is 76.4 Å². The summed E-state index contributed by atoms with van der Waals surface area (Å²) in [6, 6.07) is 0. The van der Waals surface area contributed by atoms with Crippen molar-refractivity contribution in [1.29, 1.82) is 0 Å². The molecule has 1 aliphatic carbocycles. The summed E-state index contributed by atoms with van der Waals surface area (Å²) in [5, 5.41) is 8.47. The van der Waals surface area contributed by atoms with Gasteiger partial charge in [0.05, 0.1) is 11.8 Å². The summed E-state index contributed by atoms with van der Waals surface area (Å²) in [7, 11) is -3.19. The zero-order valence-corrected chi connectivity index (χ0v) is 18.4. The Morgan fingerprint density at radius 2 is 1.66 bits per heavy atom. The number of amides is 1. The van der Waals surface area contributed by atoms with Crippen molar-refractivity contribution in [2.75, 3.05) is 19.6 Å². The molecular weight excluding hydrogens is 390 g/mol. The van der Waals surface area contributed by atoms with E-state index in [0.29, 0.717) is 26.2 Å². The van der Waals surface area contributed by atoms with Gasteiger partial charge in [0.1, 0.15) is 5.82 Å². The zero-order valence-electron chi connectivity index (χ0n) is 17.6. The number of nitrogens with zero attached hydrogens (tertiary/aromatic N) is 5. The number of hydrogen-bond donors (Lipinski definition) is 0. The van der Waals surface area contributed by atoms with E-state index in [1.165, 1.54) is 6.42 Å². The molecule has 0 bridgehead atoms. The van der Waals surface area contributed by atoms with Crippen molar-refractivity contribution < 1.29 is 13.2 Å². The standard InChI is InChI=1S/C20H33N5O3S/c1-15(2)29(27,28)24-10-8-16(9-11-24)19-22-21-18-14-23(12-13-25(18)19)20(26)17-6-4-3-5-7-17/h15-17H,3-14H2,1-2H3. The molecule has 8 nitrogen and oxygen atoms in total. The third-order valence-corrected chi connectivity index (χ3v) is 9.10. The summed E-state index contributed by atoms with van der Waals surface area (Å²) in [5.74, 6) is 2.53. The van der Waals surface area contributed by atoms with Crippen LogP contribution in [0.3, 0.4) is 0 Å². The number of piperidine rings is 1. The normalized spacial score (nSPS) is 22.8. The molecule has 1 amide bonds. The van der Waals surface area contributed by atoms with Crippen LogP contribution in [-0.4, -0.2) is 63.2 Å². The molecule has 2 aliphatic heterocycles. The number of carbonyl (C=O) groups is 1. The Balaban J connectivity index is 1.39. The van der Waals surface area contributed by atoms with Crippen LogP contribution in [0.5, 0.6) is 0 Å². The molecule has 0 unspecified atom stereocenters. The molecule has 162 valence electrons. The van der Waals surface area contributed by atoms with Crippen LogP contribution in [0.2, 0.25) is 0 Å². The second-order valence-electron chi connectivity index (χ2n) is 8.99. The van der Waals surface area contributed by atoms with Crippen molar-refractivity contribution in [3.63, 3.8) is 0 Å². The van der Waals surface area contributed by atoms with Gasteiger partial charge >= 0.3 is 0 Å². The van der Waals surface area contributed by atoms with Crippen molar-refractivity contribution in [3.8, 4) is 0 Å². The monoisotopic (exact) mass is 423 g/mol. The topological polar surface area (TPSA) is 88.4 Å². The second-order valence-corrected chi connectivity index (χ2v) is 11.5. The van der Waals surface area contributed by atoms with Gasteiger partial charge in [0.15, 0.2) is 5.82 Å². The van der Waals surface area contributed by atoms with Gasteiger partial charge in [0.2, 0.25) is 15.9 Å². The predicted molar refractivity (Wildman–Crippen MR) is 110 cm³/mol. The van der Waals surface area contributed by atoms with E-state index in [9.17, 15) is 13.2 Å². The molecule has 0 spiro atoms. The molecule has 4 rings (SSSR count). The van der Waals surface area contributed by atoms with E-state index >= 15 is 0 Å². The van der Waals surface area contributed by atoms with Crippen molar-refractivity contribution in [2.24, 2.45) is 5.92 Å². The summed E-state index contributed by atoms with van der Waals surface area (Å²) >= 11 is 0. The first-order valence-corrected chi connectivity index (χ1v) is 12.6. The number of rotatable bonds is 4. The minimum atomic E-state index is -3.19. The quantitative estimate of drug-likeness (QED) is 0.740. The number of fused-ring (bicyclic) bond motifs is 1. The fourth-order valence-corrected chi connectivity index (χ4v) is 6.26. The molecule has 29 heavy (non-hydrogen) atoms. The summed E-state index contributed by atoms with van der Waals surface area (Å²) in [4.78, 5) is 14.8. The highest BCUT2D eigenvalue weighted by Gasteiger charge is 2.35. The molecule has 3 aliphatic rings. The Labute approximate surface area is 173 Å². The zero-order chi connectivity index (χ0) is 20.6. The lowest BCUT2D eigenvalue weighted by atomic mass is 9.88. The van der Waals surface area contributed by atoms with E-state index in [0.717, 1.165) is 56.7 Å². The van der Waals surface area contributed by atoms with Crippen LogP contribution >= 0.6 is 0 Å². The van der Waals surface area contributed by atoms with Crippen LogP contribution in [-0.2, 0) is 27.9 Å². The van der Waals surface area contributed by atoms with Crippen LogP contribution in [0.15, 0.2) is 0 Å². The smallest absolute Gasteiger partial charge is 0.226 e. The first-order valence-electron chi connectivity index (χ1n) is 11.1. The van der Waals surface area contributed by atoms with Gasteiger partial charge in [-0.3, -0.25) is 4.79 Å². The lowest BCUT2D eigenvalue weighted by Crippen LogP contribution is -2.43. The molecule has 1 aromatic rings. The molecule has 2 fully saturated rings. The lowest BCUT2D eigenvalue weighted by molar-refractivity contribution is -0.138. The Morgan fingerprint density at radius 3 is 2.31 bits per heavy atom. The van der Waals surface area contributed by atoms with Crippen LogP contribution in [0.25, 0.3) is 0 Å². The molecule has 9 heteroatoms. The van der Waals surface area contributed by atoms with Gasteiger partial charge in [-0.15, -0.1) is 10.2 Å². The molecule has 0 atom stereocenters. The van der Waals surface area contributed by atoms with Crippen molar-refractivity contribution >= 4 is 15.9 Å². The number of carbonyl (C=O) groups excluding carboxylic acids is 1. The number of sulfonamides is 1. The van der Waals surface area contributed by atoms with Gasteiger partial charge in [-0.1, -0.05) is 19.3 Å². The highest BCUT2D eigenvalue weighted by Crippen LogP contribution is 2.31. The molecule has 0 N–H and O–H groups in total. The van der Waals surface area contributed by atoms with Gasteiger partial charge in [-0.25, -0.2) is 12.7 Å². The van der Waals surface area contributed by atoms with Gasteiger partial charge in [-0.2, -0.15) is 0 Å². The number of hydrogen-bond acceptors (Lipinski definition) is 5. The van der Waals surface area contributed by atoms with Gasteiger partial charge < -0.3 is 9.47 Å². The Morgan fingerprint density at radius 1 is 0.966 bits per heavy atom. The average molecular weight is 424 g/mol. The minimum Gasteiger partial charge on any atom is -0.333 e. The van der Waals surface area contributed by atoms with E-state index < -0.39 is 10.0 Å². The molecule has 0 aromatic carbocycles. The number of aromatic nitrogens is 3. The first-order chi connectivity index (χ1) is 13.9. The van der Waals surface area contributed by atoms with Gasteiger partial charge in [0.25, 0.3) is 0 Å². The Hall–Kier alpha value is -1.48. The van der Waals surface area contributed by atoms with Gasteiger partial charge in [0, 0.05) is 38.0 Å². The van der Waals surface area contributed by atoms with E-state index in [4.69, 9.17) is 0 Å². The summed E-state index contributed by atoms with van der Waals surface area (Å²) in [6.45, 7) is 6.55. The summed E-state index contributed by atoms with van der Waals surface area (Å²) in [6.07, 6.45) is 7.16. The van der Waals surface area contributed by atoms with Gasteiger partial charge in [-0.05, 0) is 39.5 Å². The van der Waals surface area contributed by atoms with Crippen LogP contribution in [0, 0.1) is 5.92 Å². The van der Waals surface area contributed by atoms with Crippen LogP contribution in [0.4, 0.5) is 0 Å². The second kappa shape index (κ2) is 8.34. The SMILES string of the molecule is CC(C)S(=O)(=O)N1CCC(c2nnc3n2CCN(C(=O)C2CCCCC2)C3)CC1. The average Bonchev–Trinajstić information content (AvgIpc) is 3.17. The molecule has 1 saturated carbocycles.